The molecule has 4 atom stereocenters. The van der Waals surface area contributed by atoms with E-state index in [1.807, 2.05) is 6.07 Å². The number of likely N-dealkylation sites (tertiary alicyclic amines) is 1. The predicted octanol–water partition coefficient (Wildman–Crippen LogP) is -0.0846. The van der Waals surface area contributed by atoms with Gasteiger partial charge < -0.3 is 31.1 Å². The Labute approximate surface area is 198 Å². The number of nitrogens with zero attached hydrogens (tertiary/aromatic N) is 2. The van der Waals surface area contributed by atoms with Crippen molar-refractivity contribution >= 4 is 17.7 Å². The molecule has 1 aromatic carbocycles. The zero-order valence-corrected chi connectivity index (χ0v) is 19.3. The van der Waals surface area contributed by atoms with Crippen LogP contribution in [0.4, 0.5) is 0 Å². The lowest BCUT2D eigenvalue weighted by Crippen LogP contribution is -2.53. The molecule has 0 bridgehead atoms. The molecule has 34 heavy (non-hydrogen) atoms. The van der Waals surface area contributed by atoms with Gasteiger partial charge in [-0.05, 0) is 23.8 Å². The molecular formula is C24H31N5O5. The van der Waals surface area contributed by atoms with Crippen molar-refractivity contribution in [1.82, 2.24) is 20.5 Å². The topological polar surface area (TPSA) is 147 Å². The summed E-state index contributed by atoms with van der Waals surface area (Å²) in [6.45, 7) is 0.0184. The van der Waals surface area contributed by atoms with Crippen molar-refractivity contribution in [1.29, 1.82) is 0 Å². The SMILES string of the molecule is CNC(=O)C(Cc1ccncc1)NC(=O)[C@@H]1C[C@@H](O)CN1C(=O)CC(N)c1ccccc1OC. The van der Waals surface area contributed by atoms with Gasteiger partial charge >= 0.3 is 0 Å². The smallest absolute Gasteiger partial charge is 0.243 e. The number of nitrogens with two attached hydrogens (primary N) is 1. The van der Waals surface area contributed by atoms with Gasteiger partial charge in [-0.2, -0.15) is 0 Å². The molecule has 1 fully saturated rings. The number of pyridine rings is 1. The van der Waals surface area contributed by atoms with Gasteiger partial charge in [-0.25, -0.2) is 0 Å². The molecule has 3 rings (SSSR count). The zero-order valence-electron chi connectivity index (χ0n) is 19.3. The number of aliphatic hydroxyl groups excluding tert-OH is 1. The number of aromatic nitrogens is 1. The number of hydrogen-bond donors (Lipinski definition) is 4. The van der Waals surface area contributed by atoms with Crippen molar-refractivity contribution in [2.75, 3.05) is 20.7 Å². The van der Waals surface area contributed by atoms with Gasteiger partial charge in [-0.1, -0.05) is 18.2 Å². The number of hydrogen-bond acceptors (Lipinski definition) is 7. The number of amides is 3. The van der Waals surface area contributed by atoms with Gasteiger partial charge in [0.1, 0.15) is 17.8 Å². The van der Waals surface area contributed by atoms with Gasteiger partial charge in [-0.15, -0.1) is 0 Å². The second kappa shape index (κ2) is 11.6. The van der Waals surface area contributed by atoms with Crippen LogP contribution in [0.25, 0.3) is 0 Å². The minimum Gasteiger partial charge on any atom is -0.496 e. The molecule has 1 aliphatic rings. The number of para-hydroxylation sites is 1. The number of ether oxygens (including phenoxy) is 1. The number of carbonyl (C=O) groups excluding carboxylic acids is 3. The van der Waals surface area contributed by atoms with Crippen LogP contribution in [0.15, 0.2) is 48.8 Å². The molecule has 182 valence electrons. The molecule has 10 heteroatoms. The van der Waals surface area contributed by atoms with Crippen molar-refractivity contribution in [2.45, 2.75) is 43.5 Å². The van der Waals surface area contributed by atoms with E-state index in [0.717, 1.165) is 5.56 Å². The van der Waals surface area contributed by atoms with E-state index < -0.39 is 30.1 Å². The highest BCUT2D eigenvalue weighted by atomic mass is 16.5. The van der Waals surface area contributed by atoms with Gasteiger partial charge in [0, 0.05) is 56.9 Å². The standard InChI is InChI=1S/C24H31N5O5/c1-26-23(32)19(11-15-7-9-27-10-8-15)28-24(33)20-12-16(30)14-29(20)22(31)13-18(25)17-5-3-4-6-21(17)34-2/h3-10,16,18-20,30H,11-14,25H2,1-2H3,(H,26,32)(H,28,33)/t16-,18?,19?,20+/m1/s1. The number of β-amino-alcohol motifs (C(OH)–C–C–N with tert-alkyl or cyclic N) is 1. The first-order valence-electron chi connectivity index (χ1n) is 11.1. The van der Waals surface area contributed by atoms with E-state index in [9.17, 15) is 19.5 Å². The summed E-state index contributed by atoms with van der Waals surface area (Å²) in [5.74, 6) is -0.651. The van der Waals surface area contributed by atoms with Crippen molar-refractivity contribution in [3.8, 4) is 5.75 Å². The van der Waals surface area contributed by atoms with Crippen molar-refractivity contribution in [3.63, 3.8) is 0 Å². The number of methoxy groups -OCH3 is 1. The highest BCUT2D eigenvalue weighted by Gasteiger charge is 2.40. The van der Waals surface area contributed by atoms with Crippen molar-refractivity contribution in [3.05, 3.63) is 59.9 Å². The van der Waals surface area contributed by atoms with E-state index in [4.69, 9.17) is 10.5 Å². The van der Waals surface area contributed by atoms with Gasteiger partial charge in [0.25, 0.3) is 0 Å². The van der Waals surface area contributed by atoms with Crippen LogP contribution in [0, 0.1) is 0 Å². The Kier molecular flexibility index (Phi) is 8.55. The Morgan fingerprint density at radius 1 is 1.24 bits per heavy atom. The van der Waals surface area contributed by atoms with Gasteiger partial charge in [0.2, 0.25) is 17.7 Å². The fourth-order valence-corrected chi connectivity index (χ4v) is 4.13. The van der Waals surface area contributed by atoms with Gasteiger partial charge in [-0.3, -0.25) is 19.4 Å². The van der Waals surface area contributed by atoms with Crippen molar-refractivity contribution in [2.24, 2.45) is 5.73 Å². The minimum atomic E-state index is -0.906. The maximum Gasteiger partial charge on any atom is 0.243 e. The first-order valence-corrected chi connectivity index (χ1v) is 11.1. The zero-order chi connectivity index (χ0) is 24.7. The summed E-state index contributed by atoms with van der Waals surface area (Å²) in [6.07, 6.45) is 2.65. The molecule has 1 aromatic heterocycles. The number of likely N-dealkylation sites (N-methyl/N-ethyl adjacent to an activating group) is 1. The van der Waals surface area contributed by atoms with E-state index in [0.29, 0.717) is 11.3 Å². The summed E-state index contributed by atoms with van der Waals surface area (Å²) in [5, 5.41) is 15.5. The molecule has 3 amide bonds. The normalized spacial score (nSPS) is 19.2. The first-order chi connectivity index (χ1) is 16.3. The molecule has 10 nitrogen and oxygen atoms in total. The average molecular weight is 470 g/mol. The third-order valence-corrected chi connectivity index (χ3v) is 5.90. The van der Waals surface area contributed by atoms with Crippen LogP contribution < -0.4 is 21.1 Å². The lowest BCUT2D eigenvalue weighted by molar-refractivity contribution is -0.139. The monoisotopic (exact) mass is 469 g/mol. The molecule has 0 aliphatic carbocycles. The number of aliphatic hydroxyl groups is 1. The fraction of sp³-hybridized carbons (Fsp3) is 0.417. The van der Waals surface area contributed by atoms with Crippen LogP contribution in [0.5, 0.6) is 5.75 Å². The molecule has 1 aliphatic heterocycles. The minimum absolute atomic E-state index is 0.0184. The third kappa shape index (κ3) is 6.09. The molecule has 5 N–H and O–H groups in total. The molecule has 0 radical (unpaired) electrons. The third-order valence-electron chi connectivity index (χ3n) is 5.90. The maximum atomic E-state index is 13.1. The fourth-order valence-electron chi connectivity index (χ4n) is 4.13. The summed E-state index contributed by atoms with van der Waals surface area (Å²) >= 11 is 0. The number of rotatable bonds is 9. The summed E-state index contributed by atoms with van der Waals surface area (Å²) in [7, 11) is 3.02. The molecule has 0 spiro atoms. The Hall–Kier alpha value is -3.50. The van der Waals surface area contributed by atoms with E-state index in [-0.39, 0.29) is 37.6 Å². The van der Waals surface area contributed by atoms with E-state index in [1.165, 1.54) is 19.1 Å². The van der Waals surface area contributed by atoms with Crippen LogP contribution in [0.3, 0.4) is 0 Å². The summed E-state index contributed by atoms with van der Waals surface area (Å²) in [4.78, 5) is 43.9. The molecule has 2 aromatic rings. The second-order valence-corrected chi connectivity index (χ2v) is 8.24. The van der Waals surface area contributed by atoms with Crippen LogP contribution in [0.2, 0.25) is 0 Å². The molecule has 2 unspecified atom stereocenters. The molecule has 0 saturated carbocycles. The Bertz CT molecular complexity index is 1000. The second-order valence-electron chi connectivity index (χ2n) is 8.24. The first kappa shape index (κ1) is 25.1. The number of benzene rings is 1. The highest BCUT2D eigenvalue weighted by Crippen LogP contribution is 2.27. The van der Waals surface area contributed by atoms with E-state index in [1.54, 1.807) is 42.7 Å². The van der Waals surface area contributed by atoms with Crippen LogP contribution in [0.1, 0.15) is 30.0 Å². The highest BCUT2D eigenvalue weighted by molar-refractivity contribution is 5.92. The Morgan fingerprint density at radius 3 is 2.62 bits per heavy atom. The predicted molar refractivity (Wildman–Crippen MR) is 125 cm³/mol. The molecular weight excluding hydrogens is 438 g/mol. The Balaban J connectivity index is 1.70. The van der Waals surface area contributed by atoms with Crippen LogP contribution in [-0.2, 0) is 20.8 Å². The van der Waals surface area contributed by atoms with Crippen LogP contribution in [-0.4, -0.2) is 71.6 Å². The van der Waals surface area contributed by atoms with Gasteiger partial charge in [0.05, 0.1) is 13.2 Å². The summed E-state index contributed by atoms with van der Waals surface area (Å²) in [5.41, 5.74) is 7.77. The summed E-state index contributed by atoms with van der Waals surface area (Å²) < 4.78 is 5.32. The lowest BCUT2D eigenvalue weighted by Gasteiger charge is -2.27. The lowest BCUT2D eigenvalue weighted by atomic mass is 10.0. The van der Waals surface area contributed by atoms with Gasteiger partial charge in [0.15, 0.2) is 0 Å². The van der Waals surface area contributed by atoms with E-state index in [2.05, 4.69) is 15.6 Å². The summed E-state index contributed by atoms with van der Waals surface area (Å²) in [6, 6.07) is 8.29. The Morgan fingerprint density at radius 2 is 1.94 bits per heavy atom. The molecule has 2 heterocycles. The van der Waals surface area contributed by atoms with Crippen molar-refractivity contribution < 1.29 is 24.2 Å². The largest absolute Gasteiger partial charge is 0.496 e. The number of nitrogens with one attached hydrogen (secondary N) is 2. The average Bonchev–Trinajstić information content (AvgIpc) is 3.25. The quantitative estimate of drug-likeness (QED) is 0.401. The maximum absolute atomic E-state index is 13.1. The number of carbonyl (C=O) groups is 3. The van der Waals surface area contributed by atoms with Crippen LogP contribution >= 0.6 is 0 Å². The van der Waals surface area contributed by atoms with E-state index >= 15 is 0 Å². The molecule has 1 saturated heterocycles.